The molecular formula is C21H42O3. The highest BCUT2D eigenvalue weighted by Crippen LogP contribution is 2.23. The molecule has 0 saturated carbocycles. The normalized spacial score (nSPS) is 13.8. The fourth-order valence-corrected chi connectivity index (χ4v) is 3.37. The summed E-state index contributed by atoms with van der Waals surface area (Å²) in [6, 6.07) is 0. The average molecular weight is 343 g/mol. The van der Waals surface area contributed by atoms with E-state index < -0.39 is 18.5 Å². The second-order valence-corrected chi connectivity index (χ2v) is 7.30. The van der Waals surface area contributed by atoms with Crippen molar-refractivity contribution < 1.29 is 15.0 Å². The molecule has 0 spiro atoms. The molecule has 0 aromatic rings. The summed E-state index contributed by atoms with van der Waals surface area (Å²) < 4.78 is 0. The van der Waals surface area contributed by atoms with Crippen molar-refractivity contribution >= 4 is 5.78 Å². The first-order valence-corrected chi connectivity index (χ1v) is 10.5. The van der Waals surface area contributed by atoms with Crippen LogP contribution in [-0.2, 0) is 4.79 Å². The third-order valence-electron chi connectivity index (χ3n) is 5.04. The Hall–Kier alpha value is -0.410. The van der Waals surface area contributed by atoms with Crippen LogP contribution < -0.4 is 0 Å². The van der Waals surface area contributed by atoms with Crippen LogP contribution in [0.25, 0.3) is 0 Å². The van der Waals surface area contributed by atoms with E-state index in [0.717, 1.165) is 25.7 Å². The van der Waals surface area contributed by atoms with Gasteiger partial charge in [0.15, 0.2) is 5.78 Å². The van der Waals surface area contributed by atoms with Crippen molar-refractivity contribution in [3.8, 4) is 0 Å². The molecule has 0 rings (SSSR count). The Bertz CT molecular complexity index is 278. The summed E-state index contributed by atoms with van der Waals surface area (Å²) in [5.74, 6) is -0.375. The highest BCUT2D eigenvalue weighted by Gasteiger charge is 2.24. The molecule has 0 radical (unpaired) electrons. The molecule has 144 valence electrons. The first kappa shape index (κ1) is 23.6. The monoisotopic (exact) mass is 342 g/mol. The molecule has 3 heteroatoms. The number of unbranched alkanes of at least 4 members (excludes halogenated alkanes) is 11. The molecule has 0 aromatic carbocycles. The predicted octanol–water partition coefficient (Wildman–Crippen LogP) is 5.42. The van der Waals surface area contributed by atoms with Gasteiger partial charge in [0.2, 0.25) is 0 Å². The number of hydrogen-bond acceptors (Lipinski definition) is 3. The van der Waals surface area contributed by atoms with E-state index in [1.165, 1.54) is 70.6 Å². The molecule has 2 unspecified atom stereocenters. The van der Waals surface area contributed by atoms with Crippen molar-refractivity contribution in [2.24, 2.45) is 5.92 Å². The number of carbonyl (C=O) groups excluding carboxylic acids is 1. The van der Waals surface area contributed by atoms with Gasteiger partial charge < -0.3 is 10.2 Å². The second-order valence-electron chi connectivity index (χ2n) is 7.30. The van der Waals surface area contributed by atoms with Crippen LogP contribution in [0.4, 0.5) is 0 Å². The predicted molar refractivity (Wildman–Crippen MR) is 102 cm³/mol. The van der Waals surface area contributed by atoms with Crippen LogP contribution >= 0.6 is 0 Å². The quantitative estimate of drug-likeness (QED) is 0.327. The fraction of sp³-hybridized carbons (Fsp3) is 0.952. The maximum absolute atomic E-state index is 11.6. The first-order chi connectivity index (χ1) is 11.7. The topological polar surface area (TPSA) is 57.5 Å². The lowest BCUT2D eigenvalue weighted by molar-refractivity contribution is -0.133. The van der Waals surface area contributed by atoms with E-state index in [1.807, 2.05) is 0 Å². The summed E-state index contributed by atoms with van der Waals surface area (Å²) in [6.07, 6.45) is 17.0. The van der Waals surface area contributed by atoms with Gasteiger partial charge in [0, 0.05) is 0 Å². The summed E-state index contributed by atoms with van der Waals surface area (Å²) in [5.41, 5.74) is 0. The van der Waals surface area contributed by atoms with Gasteiger partial charge in [-0.25, -0.2) is 0 Å². The molecule has 0 bridgehead atoms. The number of carbonyl (C=O) groups is 1. The smallest absolute Gasteiger partial charge is 0.186 e. The van der Waals surface area contributed by atoms with Gasteiger partial charge in [-0.2, -0.15) is 0 Å². The maximum Gasteiger partial charge on any atom is 0.186 e. The van der Waals surface area contributed by atoms with E-state index in [1.54, 1.807) is 0 Å². The third kappa shape index (κ3) is 12.9. The Morgan fingerprint density at radius 1 is 0.708 bits per heavy atom. The average Bonchev–Trinajstić information content (AvgIpc) is 2.60. The van der Waals surface area contributed by atoms with Crippen molar-refractivity contribution in [1.82, 2.24) is 0 Å². The zero-order valence-corrected chi connectivity index (χ0v) is 16.3. The number of aliphatic hydroxyl groups excluding tert-OH is 2. The lowest BCUT2D eigenvalue weighted by Crippen LogP contribution is -2.31. The van der Waals surface area contributed by atoms with E-state index in [9.17, 15) is 9.90 Å². The Morgan fingerprint density at radius 2 is 1.08 bits per heavy atom. The molecule has 0 aromatic heterocycles. The molecule has 3 nitrogen and oxygen atoms in total. The minimum Gasteiger partial charge on any atom is -0.388 e. The number of aliphatic hydroxyl groups is 2. The van der Waals surface area contributed by atoms with Crippen LogP contribution in [0.1, 0.15) is 110 Å². The van der Waals surface area contributed by atoms with Crippen LogP contribution in [0.15, 0.2) is 0 Å². The molecule has 0 heterocycles. The summed E-state index contributed by atoms with van der Waals surface area (Å²) in [5, 5.41) is 19.2. The molecule has 0 aliphatic carbocycles. The highest BCUT2D eigenvalue weighted by atomic mass is 16.3. The van der Waals surface area contributed by atoms with E-state index in [2.05, 4.69) is 13.8 Å². The largest absolute Gasteiger partial charge is 0.388 e. The van der Waals surface area contributed by atoms with Crippen molar-refractivity contribution in [3.63, 3.8) is 0 Å². The Balaban J connectivity index is 3.99. The molecule has 2 N–H and O–H groups in total. The lowest BCUT2D eigenvalue weighted by Gasteiger charge is -2.21. The van der Waals surface area contributed by atoms with Gasteiger partial charge in [0.1, 0.15) is 12.7 Å². The minimum absolute atomic E-state index is 0.0338. The molecule has 0 saturated heterocycles. The van der Waals surface area contributed by atoms with Crippen LogP contribution in [0.3, 0.4) is 0 Å². The SMILES string of the molecule is CCCCCCCCCC(CCCCCCCC)C(O)C(=O)CO. The molecule has 0 amide bonds. The summed E-state index contributed by atoms with van der Waals surface area (Å²) in [6.45, 7) is 3.91. The summed E-state index contributed by atoms with van der Waals surface area (Å²) in [4.78, 5) is 11.6. The van der Waals surface area contributed by atoms with Gasteiger partial charge in [0.25, 0.3) is 0 Å². The van der Waals surface area contributed by atoms with E-state index in [0.29, 0.717) is 0 Å². The van der Waals surface area contributed by atoms with Crippen molar-refractivity contribution in [3.05, 3.63) is 0 Å². The zero-order valence-electron chi connectivity index (χ0n) is 16.3. The fourth-order valence-electron chi connectivity index (χ4n) is 3.37. The molecule has 0 aliphatic heterocycles. The molecule has 0 aliphatic rings. The Morgan fingerprint density at radius 3 is 1.46 bits per heavy atom. The maximum atomic E-state index is 11.6. The van der Waals surface area contributed by atoms with Gasteiger partial charge in [-0.1, -0.05) is 97.3 Å². The van der Waals surface area contributed by atoms with Crippen LogP contribution in [0.2, 0.25) is 0 Å². The molecular weight excluding hydrogens is 300 g/mol. The van der Waals surface area contributed by atoms with E-state index >= 15 is 0 Å². The minimum atomic E-state index is -0.967. The third-order valence-corrected chi connectivity index (χ3v) is 5.04. The standard InChI is InChI=1S/C21H42O3/c1-3-5-7-9-11-13-15-17-19(21(24)20(23)18-22)16-14-12-10-8-6-4-2/h19,21-22,24H,3-18H2,1-2H3. The molecule has 24 heavy (non-hydrogen) atoms. The molecule has 2 atom stereocenters. The van der Waals surface area contributed by atoms with Crippen molar-refractivity contribution in [2.45, 2.75) is 116 Å². The van der Waals surface area contributed by atoms with E-state index in [4.69, 9.17) is 5.11 Å². The van der Waals surface area contributed by atoms with Gasteiger partial charge >= 0.3 is 0 Å². The Kier molecular flexibility index (Phi) is 17.1. The van der Waals surface area contributed by atoms with Crippen LogP contribution in [0, 0.1) is 5.92 Å². The zero-order chi connectivity index (χ0) is 18.0. The van der Waals surface area contributed by atoms with Crippen molar-refractivity contribution in [2.75, 3.05) is 6.61 Å². The molecule has 0 fully saturated rings. The van der Waals surface area contributed by atoms with Crippen molar-refractivity contribution in [1.29, 1.82) is 0 Å². The highest BCUT2D eigenvalue weighted by molar-refractivity contribution is 5.84. The number of Topliss-reactive ketones (excluding diaryl/α,β-unsaturated/α-hetero) is 1. The first-order valence-electron chi connectivity index (χ1n) is 10.5. The Labute approximate surface area is 150 Å². The lowest BCUT2D eigenvalue weighted by atomic mass is 9.88. The number of hydrogen-bond donors (Lipinski definition) is 2. The van der Waals surface area contributed by atoms with Gasteiger partial charge in [-0.15, -0.1) is 0 Å². The number of ketones is 1. The summed E-state index contributed by atoms with van der Waals surface area (Å²) >= 11 is 0. The van der Waals surface area contributed by atoms with Gasteiger partial charge in [-0.05, 0) is 18.8 Å². The summed E-state index contributed by atoms with van der Waals surface area (Å²) in [7, 11) is 0. The second kappa shape index (κ2) is 17.4. The van der Waals surface area contributed by atoms with Gasteiger partial charge in [-0.3, -0.25) is 4.79 Å². The van der Waals surface area contributed by atoms with E-state index in [-0.39, 0.29) is 5.92 Å². The van der Waals surface area contributed by atoms with Gasteiger partial charge in [0.05, 0.1) is 0 Å². The van der Waals surface area contributed by atoms with Crippen LogP contribution in [-0.4, -0.2) is 28.7 Å². The number of rotatable bonds is 18. The van der Waals surface area contributed by atoms with Crippen LogP contribution in [0.5, 0.6) is 0 Å².